The minimum Gasteiger partial charge on any atom is -0.349 e. The summed E-state index contributed by atoms with van der Waals surface area (Å²) in [6.45, 7) is 2.32. The summed E-state index contributed by atoms with van der Waals surface area (Å²) in [5.41, 5.74) is 3.14. The van der Waals surface area contributed by atoms with E-state index in [1.165, 1.54) is 48.9 Å². The molecule has 1 aliphatic rings. The number of thioether (sulfide) groups is 1. The Morgan fingerprint density at radius 1 is 1.15 bits per heavy atom. The molecule has 1 N–H and O–H groups in total. The van der Waals surface area contributed by atoms with Gasteiger partial charge in [0.1, 0.15) is 0 Å². The molecule has 0 spiro atoms. The molecule has 8 nitrogen and oxygen atoms in total. The van der Waals surface area contributed by atoms with Crippen LogP contribution in [0.2, 0.25) is 0 Å². The normalized spacial score (nSPS) is 13.8. The maximum atomic E-state index is 12.4. The lowest BCUT2D eigenvalue weighted by Gasteiger charge is -2.12. The Hall–Kier alpha value is -3.20. The predicted molar refractivity (Wildman–Crippen MR) is 132 cm³/mol. The zero-order chi connectivity index (χ0) is 23.9. The van der Waals surface area contributed by atoms with Crippen LogP contribution in [0.15, 0.2) is 53.7 Å². The van der Waals surface area contributed by atoms with Crippen LogP contribution in [0, 0.1) is 23.0 Å². The lowest BCUT2D eigenvalue weighted by molar-refractivity contribution is -0.384. The van der Waals surface area contributed by atoms with Crippen LogP contribution >= 0.6 is 11.8 Å². The molecule has 4 rings (SSSR count). The van der Waals surface area contributed by atoms with Gasteiger partial charge in [-0.15, -0.1) is 10.2 Å². The highest BCUT2D eigenvalue weighted by molar-refractivity contribution is 7.98. The summed E-state index contributed by atoms with van der Waals surface area (Å²) in [6, 6.07) is 14.5. The van der Waals surface area contributed by atoms with Crippen LogP contribution in [0.4, 0.5) is 5.69 Å². The Balaban J connectivity index is 1.50. The number of carbonyl (C=O) groups excluding carboxylic acids is 1. The molecule has 0 radical (unpaired) electrons. The van der Waals surface area contributed by atoms with Gasteiger partial charge in [0.05, 0.1) is 11.5 Å². The van der Waals surface area contributed by atoms with Crippen LogP contribution in [0.3, 0.4) is 0 Å². The first-order valence-electron chi connectivity index (χ1n) is 11.6. The molecule has 1 fully saturated rings. The zero-order valence-corrected chi connectivity index (χ0v) is 20.1. The van der Waals surface area contributed by atoms with Gasteiger partial charge in [0, 0.05) is 30.0 Å². The van der Waals surface area contributed by atoms with Crippen LogP contribution in [-0.4, -0.2) is 25.6 Å². The van der Waals surface area contributed by atoms with Gasteiger partial charge in [-0.2, -0.15) is 0 Å². The first-order chi connectivity index (χ1) is 16.5. The number of carbonyl (C=O) groups is 1. The van der Waals surface area contributed by atoms with Crippen molar-refractivity contribution in [2.75, 3.05) is 0 Å². The number of nitrogens with one attached hydrogen (secondary N) is 1. The molecule has 2 aromatic carbocycles. The van der Waals surface area contributed by atoms with Crippen molar-refractivity contribution in [3.63, 3.8) is 0 Å². The van der Waals surface area contributed by atoms with E-state index in [1.54, 1.807) is 23.9 Å². The monoisotopic (exact) mass is 479 g/mol. The third-order valence-corrected chi connectivity index (χ3v) is 7.31. The fourth-order valence-electron chi connectivity index (χ4n) is 4.31. The third-order valence-electron chi connectivity index (χ3n) is 6.34. The van der Waals surface area contributed by atoms with Crippen molar-refractivity contribution >= 4 is 23.4 Å². The molecule has 9 heteroatoms. The summed E-state index contributed by atoms with van der Waals surface area (Å²) < 4.78 is 1.86. The fraction of sp³-hybridized carbons (Fsp3) is 0.400. The van der Waals surface area contributed by atoms with E-state index in [0.717, 1.165) is 12.1 Å². The number of hydrogen-bond donors (Lipinski definition) is 1. The number of benzene rings is 2. The van der Waals surface area contributed by atoms with Gasteiger partial charge < -0.3 is 5.32 Å². The third kappa shape index (κ3) is 6.02. The maximum Gasteiger partial charge on any atom is 0.269 e. The summed E-state index contributed by atoms with van der Waals surface area (Å²) >= 11 is 1.54. The molecule has 3 aromatic rings. The van der Waals surface area contributed by atoms with E-state index in [1.807, 2.05) is 16.7 Å². The van der Waals surface area contributed by atoms with Crippen LogP contribution in [0.5, 0.6) is 0 Å². The number of nitro groups is 1. The van der Waals surface area contributed by atoms with E-state index in [-0.39, 0.29) is 18.1 Å². The number of nitro benzene ring substituents is 1. The Kier molecular flexibility index (Phi) is 7.95. The molecule has 0 bridgehead atoms. The van der Waals surface area contributed by atoms with Gasteiger partial charge in [-0.3, -0.25) is 19.5 Å². The molecular formula is C25H29N5O3S. The smallest absolute Gasteiger partial charge is 0.269 e. The van der Waals surface area contributed by atoms with Crippen LogP contribution in [0.1, 0.15) is 55.5 Å². The number of hydrogen-bond acceptors (Lipinski definition) is 6. The molecule has 0 atom stereocenters. The molecule has 1 amide bonds. The average molecular weight is 480 g/mol. The van der Waals surface area contributed by atoms with Crippen molar-refractivity contribution < 1.29 is 9.72 Å². The average Bonchev–Trinajstić information content (AvgIpc) is 3.51. The number of amides is 1. The van der Waals surface area contributed by atoms with Crippen LogP contribution in [-0.2, 0) is 17.1 Å². The van der Waals surface area contributed by atoms with E-state index in [2.05, 4.69) is 34.6 Å². The Morgan fingerprint density at radius 2 is 1.88 bits per heavy atom. The summed E-state index contributed by atoms with van der Waals surface area (Å²) in [6.07, 6.45) is 6.44. The standard InChI is InChI=1S/C25H29N5O3S/c1-18-6-2-5-9-20(18)17-34-25-28-27-23(16-26-24(31)15-10-19-7-3-4-8-19)29(25)21-11-13-22(14-12-21)30(32)33/h2,5-6,9,11-14,19H,3-4,7-8,10,15-17H2,1H3,(H,26,31). The van der Waals surface area contributed by atoms with Crippen molar-refractivity contribution in [3.05, 3.63) is 75.6 Å². The molecule has 0 unspecified atom stereocenters. The van der Waals surface area contributed by atoms with Gasteiger partial charge in [0.15, 0.2) is 11.0 Å². The zero-order valence-electron chi connectivity index (χ0n) is 19.3. The van der Waals surface area contributed by atoms with Crippen LogP contribution < -0.4 is 5.32 Å². The van der Waals surface area contributed by atoms with Crippen molar-refractivity contribution in [2.24, 2.45) is 5.92 Å². The van der Waals surface area contributed by atoms with E-state index >= 15 is 0 Å². The van der Waals surface area contributed by atoms with Gasteiger partial charge in [0.25, 0.3) is 5.69 Å². The van der Waals surface area contributed by atoms with E-state index in [0.29, 0.717) is 29.1 Å². The highest BCUT2D eigenvalue weighted by atomic mass is 32.2. The minimum atomic E-state index is -0.421. The first-order valence-corrected chi connectivity index (χ1v) is 12.6. The highest BCUT2D eigenvalue weighted by Crippen LogP contribution is 2.29. The molecule has 34 heavy (non-hydrogen) atoms. The Morgan fingerprint density at radius 3 is 2.59 bits per heavy atom. The van der Waals surface area contributed by atoms with Gasteiger partial charge in [-0.25, -0.2) is 0 Å². The van der Waals surface area contributed by atoms with Gasteiger partial charge in [-0.1, -0.05) is 61.7 Å². The lowest BCUT2D eigenvalue weighted by atomic mass is 10.0. The van der Waals surface area contributed by atoms with E-state index in [4.69, 9.17) is 0 Å². The molecule has 0 saturated heterocycles. The number of aromatic nitrogens is 3. The molecular weight excluding hydrogens is 450 g/mol. The van der Waals surface area contributed by atoms with Gasteiger partial charge in [-0.05, 0) is 42.5 Å². The molecule has 1 aromatic heterocycles. The predicted octanol–water partition coefficient (Wildman–Crippen LogP) is 5.36. The van der Waals surface area contributed by atoms with Crippen molar-refractivity contribution in [1.29, 1.82) is 0 Å². The molecule has 0 aliphatic heterocycles. The van der Waals surface area contributed by atoms with Crippen molar-refractivity contribution in [3.8, 4) is 5.69 Å². The number of rotatable bonds is 10. The van der Waals surface area contributed by atoms with Crippen molar-refractivity contribution in [1.82, 2.24) is 20.1 Å². The SMILES string of the molecule is Cc1ccccc1CSc1nnc(CNC(=O)CCC2CCCC2)n1-c1ccc([N+](=O)[O-])cc1. The summed E-state index contributed by atoms with van der Waals surface area (Å²) in [4.78, 5) is 23.1. The first kappa shape index (κ1) is 23.9. The van der Waals surface area contributed by atoms with Crippen molar-refractivity contribution in [2.45, 2.75) is 62.9 Å². The molecule has 1 saturated carbocycles. The quantitative estimate of drug-likeness (QED) is 0.238. The highest BCUT2D eigenvalue weighted by Gasteiger charge is 2.19. The largest absolute Gasteiger partial charge is 0.349 e. The van der Waals surface area contributed by atoms with E-state index < -0.39 is 4.92 Å². The second-order valence-corrected chi connectivity index (χ2v) is 9.63. The summed E-state index contributed by atoms with van der Waals surface area (Å²) in [5.74, 6) is 1.99. The number of non-ortho nitro benzene ring substituents is 1. The Labute approximate surface area is 203 Å². The van der Waals surface area contributed by atoms with Gasteiger partial charge >= 0.3 is 0 Å². The lowest BCUT2D eigenvalue weighted by Crippen LogP contribution is -2.24. The number of nitrogens with zero attached hydrogens (tertiary/aromatic N) is 4. The maximum absolute atomic E-state index is 12.4. The number of aryl methyl sites for hydroxylation is 1. The molecule has 1 aliphatic carbocycles. The summed E-state index contributed by atoms with van der Waals surface area (Å²) in [7, 11) is 0. The fourth-order valence-corrected chi connectivity index (χ4v) is 5.35. The topological polar surface area (TPSA) is 103 Å². The second-order valence-electron chi connectivity index (χ2n) is 8.69. The second kappa shape index (κ2) is 11.3. The molecule has 1 heterocycles. The molecule has 178 valence electrons. The minimum absolute atomic E-state index is 0.0132. The van der Waals surface area contributed by atoms with E-state index in [9.17, 15) is 14.9 Å². The summed E-state index contributed by atoms with van der Waals surface area (Å²) in [5, 5.41) is 23.4. The van der Waals surface area contributed by atoms with Gasteiger partial charge in [0.2, 0.25) is 5.91 Å². The van der Waals surface area contributed by atoms with Crippen LogP contribution in [0.25, 0.3) is 5.69 Å². The Bertz CT molecular complexity index is 1140.